The van der Waals surface area contributed by atoms with Gasteiger partial charge in [-0.15, -0.1) is 0 Å². The second-order valence-electron chi connectivity index (χ2n) is 5.63. The standard InChI is InChI=1S/C15H20F2N2O2/c1-19(8-10-3-2-4-14(10)20)9-15(21)18-11-5-6-12(16)13(17)7-11/h5-7,10,14,20H,2-4,8-9H2,1H3,(H,18,21). The van der Waals surface area contributed by atoms with Crippen molar-refractivity contribution >= 4 is 11.6 Å². The molecule has 1 amide bonds. The van der Waals surface area contributed by atoms with Crippen molar-refractivity contribution in [3.63, 3.8) is 0 Å². The van der Waals surface area contributed by atoms with E-state index in [-0.39, 0.29) is 30.2 Å². The third-order valence-electron chi connectivity index (χ3n) is 3.78. The first-order valence-corrected chi connectivity index (χ1v) is 7.07. The van der Waals surface area contributed by atoms with Gasteiger partial charge < -0.3 is 10.4 Å². The van der Waals surface area contributed by atoms with Crippen LogP contribution in [0, 0.1) is 17.6 Å². The average molecular weight is 298 g/mol. The molecule has 1 saturated carbocycles. The molecule has 1 aliphatic rings. The Hall–Kier alpha value is -1.53. The number of hydrogen-bond donors (Lipinski definition) is 2. The number of hydrogen-bond acceptors (Lipinski definition) is 3. The fourth-order valence-corrected chi connectivity index (χ4v) is 2.71. The van der Waals surface area contributed by atoms with Crippen molar-refractivity contribution in [2.24, 2.45) is 5.92 Å². The second-order valence-corrected chi connectivity index (χ2v) is 5.63. The molecule has 2 N–H and O–H groups in total. The lowest BCUT2D eigenvalue weighted by Gasteiger charge is -2.22. The van der Waals surface area contributed by atoms with Gasteiger partial charge in [0, 0.05) is 18.3 Å². The Bertz CT molecular complexity index is 510. The molecule has 0 spiro atoms. The number of anilines is 1. The lowest BCUT2D eigenvalue weighted by Crippen LogP contribution is -2.35. The van der Waals surface area contributed by atoms with E-state index in [0.717, 1.165) is 31.4 Å². The van der Waals surface area contributed by atoms with E-state index in [4.69, 9.17) is 0 Å². The van der Waals surface area contributed by atoms with Crippen molar-refractivity contribution < 1.29 is 18.7 Å². The molecule has 0 aromatic heterocycles. The Morgan fingerprint density at radius 3 is 2.76 bits per heavy atom. The molecule has 0 heterocycles. The van der Waals surface area contributed by atoms with E-state index in [9.17, 15) is 18.7 Å². The summed E-state index contributed by atoms with van der Waals surface area (Å²) in [5.74, 6) is -2.03. The largest absolute Gasteiger partial charge is 0.393 e. The van der Waals surface area contributed by atoms with Crippen LogP contribution in [0.4, 0.5) is 14.5 Å². The summed E-state index contributed by atoms with van der Waals surface area (Å²) in [5.41, 5.74) is 0.230. The van der Waals surface area contributed by atoms with Gasteiger partial charge in [-0.2, -0.15) is 0 Å². The van der Waals surface area contributed by atoms with Crippen LogP contribution in [-0.2, 0) is 4.79 Å². The van der Waals surface area contributed by atoms with E-state index in [1.807, 2.05) is 4.90 Å². The third-order valence-corrected chi connectivity index (χ3v) is 3.78. The Kier molecular flexibility index (Phi) is 5.25. The Morgan fingerprint density at radius 1 is 1.38 bits per heavy atom. The van der Waals surface area contributed by atoms with Crippen molar-refractivity contribution in [3.8, 4) is 0 Å². The summed E-state index contributed by atoms with van der Waals surface area (Å²) in [5, 5.41) is 12.3. The van der Waals surface area contributed by atoms with E-state index >= 15 is 0 Å². The van der Waals surface area contributed by atoms with E-state index in [1.54, 1.807) is 7.05 Å². The molecule has 1 aliphatic carbocycles. The number of rotatable bonds is 5. The maximum atomic E-state index is 13.0. The van der Waals surface area contributed by atoms with Crippen LogP contribution in [0.3, 0.4) is 0 Å². The number of likely N-dealkylation sites (N-methyl/N-ethyl adjacent to an activating group) is 1. The van der Waals surface area contributed by atoms with Crippen LogP contribution in [0.5, 0.6) is 0 Å². The Balaban J connectivity index is 1.81. The van der Waals surface area contributed by atoms with Crippen LogP contribution in [0.2, 0.25) is 0 Å². The van der Waals surface area contributed by atoms with E-state index in [1.165, 1.54) is 6.07 Å². The first-order valence-electron chi connectivity index (χ1n) is 7.07. The molecule has 1 aromatic rings. The van der Waals surface area contributed by atoms with Crippen molar-refractivity contribution in [2.45, 2.75) is 25.4 Å². The molecule has 116 valence electrons. The number of halogens is 2. The summed E-state index contributed by atoms with van der Waals surface area (Å²) in [6.45, 7) is 0.786. The highest BCUT2D eigenvalue weighted by molar-refractivity contribution is 5.92. The number of nitrogens with one attached hydrogen (secondary N) is 1. The molecular weight excluding hydrogens is 278 g/mol. The van der Waals surface area contributed by atoms with Crippen LogP contribution >= 0.6 is 0 Å². The van der Waals surface area contributed by atoms with Gasteiger partial charge in [0.05, 0.1) is 12.6 Å². The summed E-state index contributed by atoms with van der Waals surface area (Å²) >= 11 is 0. The van der Waals surface area contributed by atoms with Crippen LogP contribution in [0.25, 0.3) is 0 Å². The van der Waals surface area contributed by atoms with Gasteiger partial charge in [-0.05, 0) is 37.9 Å². The summed E-state index contributed by atoms with van der Waals surface area (Å²) in [6, 6.07) is 3.24. The lowest BCUT2D eigenvalue weighted by atomic mass is 10.1. The van der Waals surface area contributed by atoms with E-state index in [0.29, 0.717) is 6.54 Å². The molecule has 1 fully saturated rings. The van der Waals surface area contributed by atoms with Crippen LogP contribution in [0.1, 0.15) is 19.3 Å². The summed E-state index contributed by atoms with van der Waals surface area (Å²) in [7, 11) is 1.80. The van der Waals surface area contributed by atoms with Gasteiger partial charge in [-0.1, -0.05) is 6.42 Å². The first-order chi connectivity index (χ1) is 9.95. The molecule has 2 unspecified atom stereocenters. The lowest BCUT2D eigenvalue weighted by molar-refractivity contribution is -0.117. The minimum atomic E-state index is -0.991. The predicted octanol–water partition coefficient (Wildman–Crippen LogP) is 2.00. The number of amides is 1. The topological polar surface area (TPSA) is 52.6 Å². The zero-order valence-corrected chi connectivity index (χ0v) is 12.0. The molecule has 2 rings (SSSR count). The van der Waals surface area contributed by atoms with Crippen molar-refractivity contribution in [3.05, 3.63) is 29.8 Å². The van der Waals surface area contributed by atoms with Crippen LogP contribution in [-0.4, -0.2) is 42.2 Å². The number of aliphatic hydroxyl groups is 1. The van der Waals surface area contributed by atoms with Crippen molar-refractivity contribution in [2.75, 3.05) is 25.5 Å². The maximum Gasteiger partial charge on any atom is 0.238 e. The minimum absolute atomic E-state index is 0.141. The van der Waals surface area contributed by atoms with E-state index in [2.05, 4.69) is 5.32 Å². The molecule has 0 bridgehead atoms. The van der Waals surface area contributed by atoms with Gasteiger partial charge in [0.25, 0.3) is 0 Å². The van der Waals surface area contributed by atoms with E-state index < -0.39 is 11.6 Å². The smallest absolute Gasteiger partial charge is 0.238 e. The fraction of sp³-hybridized carbons (Fsp3) is 0.533. The van der Waals surface area contributed by atoms with Crippen LogP contribution in [0.15, 0.2) is 18.2 Å². The summed E-state index contributed by atoms with van der Waals surface area (Å²) < 4.78 is 25.8. The predicted molar refractivity (Wildman–Crippen MR) is 75.8 cm³/mol. The monoisotopic (exact) mass is 298 g/mol. The molecule has 0 radical (unpaired) electrons. The SMILES string of the molecule is CN(CC(=O)Nc1ccc(F)c(F)c1)CC1CCCC1O. The maximum absolute atomic E-state index is 13.0. The van der Waals surface area contributed by atoms with Gasteiger partial charge in [0.2, 0.25) is 5.91 Å². The van der Waals surface area contributed by atoms with Gasteiger partial charge in [-0.3, -0.25) is 9.69 Å². The van der Waals surface area contributed by atoms with Gasteiger partial charge in [0.1, 0.15) is 0 Å². The van der Waals surface area contributed by atoms with Crippen LogP contribution < -0.4 is 5.32 Å². The highest BCUT2D eigenvalue weighted by Crippen LogP contribution is 2.25. The molecule has 21 heavy (non-hydrogen) atoms. The number of benzene rings is 1. The fourth-order valence-electron chi connectivity index (χ4n) is 2.71. The number of aliphatic hydroxyl groups excluding tert-OH is 1. The van der Waals surface area contributed by atoms with Crippen molar-refractivity contribution in [1.82, 2.24) is 4.90 Å². The minimum Gasteiger partial charge on any atom is -0.393 e. The molecular formula is C15H20F2N2O2. The third kappa shape index (κ3) is 4.47. The molecule has 0 aliphatic heterocycles. The number of carbonyl (C=O) groups excluding carboxylic acids is 1. The Morgan fingerprint density at radius 2 is 2.14 bits per heavy atom. The quantitative estimate of drug-likeness (QED) is 0.874. The average Bonchev–Trinajstić information content (AvgIpc) is 2.79. The zero-order chi connectivity index (χ0) is 15.4. The molecule has 6 heteroatoms. The normalized spacial score (nSPS) is 21.8. The molecule has 1 aromatic carbocycles. The highest BCUT2D eigenvalue weighted by atomic mass is 19.2. The van der Waals surface area contributed by atoms with Gasteiger partial charge >= 0.3 is 0 Å². The van der Waals surface area contributed by atoms with Gasteiger partial charge in [-0.25, -0.2) is 8.78 Å². The highest BCUT2D eigenvalue weighted by Gasteiger charge is 2.26. The Labute approximate surface area is 122 Å². The number of nitrogens with zero attached hydrogens (tertiary/aromatic N) is 1. The molecule has 4 nitrogen and oxygen atoms in total. The molecule has 0 saturated heterocycles. The number of carbonyl (C=O) groups is 1. The second kappa shape index (κ2) is 6.95. The first kappa shape index (κ1) is 15.9. The zero-order valence-electron chi connectivity index (χ0n) is 12.0. The molecule has 2 atom stereocenters. The summed E-state index contributed by atoms with van der Waals surface area (Å²) in [6.07, 6.45) is 2.51. The van der Waals surface area contributed by atoms with Crippen molar-refractivity contribution in [1.29, 1.82) is 0 Å². The summed E-state index contributed by atoms with van der Waals surface area (Å²) in [4.78, 5) is 13.7. The van der Waals surface area contributed by atoms with Gasteiger partial charge in [0.15, 0.2) is 11.6 Å².